The standard InChI is InChI=1S/C37H42FNO7/c1-20-7-10-28(44-19-22-6-4-5-21(13-22)17-39)33(38)31(20)34-45-30-15-26-25-9-8-23-14-24(41)11-12-35(23,2)32(25)27(42)16-36(26,3)37(30,46-34)29(43)18-40/h4-7,10-14,25-27,30,32,34,40,42H,8-9,15-19,39H2,1-3H3/t25-,26-,27-,30+,32+,34-,35-,36-,37+/m0/s1. The molecule has 244 valence electrons. The second kappa shape index (κ2) is 11.2. The van der Waals surface area contributed by atoms with E-state index in [1.807, 2.05) is 37.3 Å². The predicted molar refractivity (Wildman–Crippen MR) is 167 cm³/mol. The zero-order valence-electron chi connectivity index (χ0n) is 26.5. The Morgan fingerprint density at radius 1 is 1.20 bits per heavy atom. The van der Waals surface area contributed by atoms with Crippen LogP contribution in [0.4, 0.5) is 4.39 Å². The number of aryl methyl sites for hydroxylation is 1. The van der Waals surface area contributed by atoms with Gasteiger partial charge in [0.05, 0.1) is 17.8 Å². The van der Waals surface area contributed by atoms with Gasteiger partial charge in [-0.1, -0.05) is 55.8 Å². The first-order chi connectivity index (χ1) is 22.0. The number of hydrogen-bond donors (Lipinski definition) is 3. The van der Waals surface area contributed by atoms with Crippen LogP contribution in [-0.4, -0.2) is 46.2 Å². The minimum Gasteiger partial charge on any atom is -0.486 e. The summed E-state index contributed by atoms with van der Waals surface area (Å²) in [6.45, 7) is 5.56. The van der Waals surface area contributed by atoms with Gasteiger partial charge in [-0.05, 0) is 79.4 Å². The molecule has 2 aromatic carbocycles. The molecule has 1 saturated heterocycles. The molecule has 3 saturated carbocycles. The number of fused-ring (bicyclic) bond motifs is 7. The van der Waals surface area contributed by atoms with Crippen LogP contribution in [0.3, 0.4) is 0 Å². The monoisotopic (exact) mass is 631 g/mol. The lowest BCUT2D eigenvalue weighted by atomic mass is 9.46. The van der Waals surface area contributed by atoms with Gasteiger partial charge in [0.2, 0.25) is 0 Å². The highest BCUT2D eigenvalue weighted by Crippen LogP contribution is 2.70. The lowest BCUT2D eigenvalue weighted by Crippen LogP contribution is -2.63. The third kappa shape index (κ3) is 4.43. The Labute approximate surface area is 268 Å². The summed E-state index contributed by atoms with van der Waals surface area (Å²) in [5, 5.41) is 22.2. The molecule has 0 amide bonds. The minimum absolute atomic E-state index is 0.0290. The summed E-state index contributed by atoms with van der Waals surface area (Å²) in [4.78, 5) is 26.1. The van der Waals surface area contributed by atoms with Gasteiger partial charge in [-0.3, -0.25) is 9.59 Å². The highest BCUT2D eigenvalue weighted by atomic mass is 19.1. The zero-order chi connectivity index (χ0) is 32.6. The van der Waals surface area contributed by atoms with Crippen LogP contribution in [0.2, 0.25) is 0 Å². The van der Waals surface area contributed by atoms with E-state index in [-0.39, 0.29) is 47.9 Å². The van der Waals surface area contributed by atoms with Crippen LogP contribution < -0.4 is 10.5 Å². The molecule has 0 aromatic heterocycles. The quantitative estimate of drug-likeness (QED) is 0.399. The average molecular weight is 632 g/mol. The Morgan fingerprint density at radius 2 is 1.98 bits per heavy atom. The molecule has 9 atom stereocenters. The van der Waals surface area contributed by atoms with Gasteiger partial charge in [0.25, 0.3) is 0 Å². The van der Waals surface area contributed by atoms with Crippen molar-refractivity contribution < 1.29 is 38.4 Å². The molecule has 4 aliphatic carbocycles. The van der Waals surface area contributed by atoms with Crippen molar-refractivity contribution >= 4 is 11.6 Å². The predicted octanol–water partition coefficient (Wildman–Crippen LogP) is 4.77. The minimum atomic E-state index is -1.57. The Morgan fingerprint density at radius 3 is 2.74 bits per heavy atom. The molecular formula is C37H42FNO7. The number of halogens is 1. The molecule has 4 N–H and O–H groups in total. The number of rotatable bonds is 7. The molecule has 0 unspecified atom stereocenters. The molecule has 0 radical (unpaired) electrons. The van der Waals surface area contributed by atoms with Crippen LogP contribution in [0.5, 0.6) is 5.75 Å². The van der Waals surface area contributed by atoms with Crippen LogP contribution in [0.1, 0.15) is 68.1 Å². The van der Waals surface area contributed by atoms with Gasteiger partial charge < -0.3 is 30.2 Å². The fourth-order valence-corrected chi connectivity index (χ4v) is 9.89. The first-order valence-electron chi connectivity index (χ1n) is 16.3. The number of aliphatic hydroxyl groups is 2. The summed E-state index contributed by atoms with van der Waals surface area (Å²) in [7, 11) is 0. The second-order valence-corrected chi connectivity index (χ2v) is 14.3. The van der Waals surface area contributed by atoms with Crippen LogP contribution >= 0.6 is 0 Å². The third-order valence-corrected chi connectivity index (χ3v) is 12.0. The Balaban J connectivity index is 1.20. The molecule has 0 spiro atoms. The van der Waals surface area contributed by atoms with Crippen molar-refractivity contribution in [1.82, 2.24) is 0 Å². The third-order valence-electron chi connectivity index (χ3n) is 12.0. The zero-order valence-corrected chi connectivity index (χ0v) is 26.5. The second-order valence-electron chi connectivity index (χ2n) is 14.3. The first-order valence-corrected chi connectivity index (χ1v) is 16.3. The van der Waals surface area contributed by atoms with E-state index in [2.05, 4.69) is 6.92 Å². The van der Waals surface area contributed by atoms with Gasteiger partial charge in [0.1, 0.15) is 13.2 Å². The number of Topliss-reactive ketones (excluding diaryl/α,β-unsaturated/α-hetero) is 1. The number of hydrogen-bond acceptors (Lipinski definition) is 8. The average Bonchev–Trinajstić information content (AvgIpc) is 3.53. The SMILES string of the molecule is Cc1ccc(OCc2cccc(CN)c2)c(F)c1[C@H]1O[C@@H]2C[C@H]3[C@@H]4CCC5=CC(=O)C=C[C@]5(C)[C@H]4[C@@H](O)C[C@]3(C)[C@]2(C(=O)CO)O1. The van der Waals surface area contributed by atoms with Gasteiger partial charge in [0, 0.05) is 23.3 Å². The van der Waals surface area contributed by atoms with Crippen LogP contribution in [-0.2, 0) is 32.2 Å². The largest absolute Gasteiger partial charge is 0.486 e. The summed E-state index contributed by atoms with van der Waals surface area (Å²) in [5.74, 6) is -1.33. The lowest BCUT2D eigenvalue weighted by Gasteiger charge is -2.59. The van der Waals surface area contributed by atoms with E-state index in [9.17, 15) is 19.8 Å². The van der Waals surface area contributed by atoms with Gasteiger partial charge >= 0.3 is 0 Å². The van der Waals surface area contributed by atoms with Gasteiger partial charge in [-0.15, -0.1) is 0 Å². The van der Waals surface area contributed by atoms with E-state index in [1.54, 1.807) is 31.2 Å². The molecule has 5 aliphatic rings. The number of aliphatic hydroxyl groups excluding tert-OH is 2. The fourth-order valence-electron chi connectivity index (χ4n) is 9.89. The van der Waals surface area contributed by atoms with Crippen molar-refractivity contribution in [2.75, 3.05) is 6.61 Å². The highest BCUT2D eigenvalue weighted by Gasteiger charge is 2.76. The van der Waals surface area contributed by atoms with Crippen molar-refractivity contribution in [3.8, 4) is 5.75 Å². The molecule has 9 heteroatoms. The maximum Gasteiger partial charge on any atom is 0.193 e. The number of nitrogens with two attached hydrogens (primary N) is 1. The van der Waals surface area contributed by atoms with E-state index >= 15 is 4.39 Å². The molecule has 0 bridgehead atoms. The Hall–Kier alpha value is -3.21. The van der Waals surface area contributed by atoms with Crippen molar-refractivity contribution in [3.05, 3.63) is 88.3 Å². The molecule has 7 rings (SSSR count). The topological polar surface area (TPSA) is 128 Å². The normalized spacial score (nSPS) is 37.6. The lowest BCUT2D eigenvalue weighted by molar-refractivity contribution is -0.201. The van der Waals surface area contributed by atoms with E-state index in [4.69, 9.17) is 19.9 Å². The summed E-state index contributed by atoms with van der Waals surface area (Å²) in [6, 6.07) is 10.9. The van der Waals surface area contributed by atoms with E-state index in [1.165, 1.54) is 0 Å². The summed E-state index contributed by atoms with van der Waals surface area (Å²) < 4.78 is 35.3. The molecule has 1 aliphatic heterocycles. The fraction of sp³-hybridized carbons (Fsp3) is 0.514. The highest BCUT2D eigenvalue weighted by molar-refractivity contribution is 6.01. The van der Waals surface area contributed by atoms with Crippen LogP contribution in [0, 0.1) is 41.3 Å². The summed E-state index contributed by atoms with van der Waals surface area (Å²) in [5.41, 5.74) is 6.40. The maximum atomic E-state index is 16.2. The van der Waals surface area contributed by atoms with Crippen LogP contribution in [0.25, 0.3) is 0 Å². The van der Waals surface area contributed by atoms with Gasteiger partial charge in [-0.2, -0.15) is 0 Å². The number of ketones is 2. The smallest absolute Gasteiger partial charge is 0.193 e. The molecule has 46 heavy (non-hydrogen) atoms. The molecular weight excluding hydrogens is 589 g/mol. The molecule has 2 aromatic rings. The van der Waals surface area contributed by atoms with E-state index < -0.39 is 53.1 Å². The molecule has 1 heterocycles. The van der Waals surface area contributed by atoms with Crippen molar-refractivity contribution in [3.63, 3.8) is 0 Å². The summed E-state index contributed by atoms with van der Waals surface area (Å²) in [6.07, 6.45) is 4.69. The number of benzene rings is 2. The van der Waals surface area contributed by atoms with E-state index in [0.717, 1.165) is 29.5 Å². The van der Waals surface area contributed by atoms with Crippen molar-refractivity contribution in [2.24, 2.45) is 34.3 Å². The van der Waals surface area contributed by atoms with E-state index in [0.29, 0.717) is 18.5 Å². The van der Waals surface area contributed by atoms with Crippen molar-refractivity contribution in [1.29, 1.82) is 0 Å². The Bertz CT molecular complexity index is 1650. The number of carbonyl (C=O) groups excluding carboxylic acids is 2. The van der Waals surface area contributed by atoms with Crippen molar-refractivity contribution in [2.45, 2.75) is 83.7 Å². The number of ether oxygens (including phenoxy) is 3. The number of allylic oxidation sites excluding steroid dienone is 4. The number of carbonyl (C=O) groups is 2. The van der Waals surface area contributed by atoms with Crippen LogP contribution in [0.15, 0.2) is 60.2 Å². The first kappa shape index (κ1) is 31.4. The maximum absolute atomic E-state index is 16.2. The Kier molecular flexibility index (Phi) is 7.64. The van der Waals surface area contributed by atoms with Gasteiger partial charge in [0.15, 0.2) is 35.0 Å². The molecule has 8 nitrogen and oxygen atoms in total. The van der Waals surface area contributed by atoms with Gasteiger partial charge in [-0.25, -0.2) is 4.39 Å². The summed E-state index contributed by atoms with van der Waals surface area (Å²) >= 11 is 0. The molecule has 4 fully saturated rings.